The third-order valence-corrected chi connectivity index (χ3v) is 6.89. The van der Waals surface area contributed by atoms with Gasteiger partial charge in [-0.25, -0.2) is 4.98 Å². The number of nitrogens with one attached hydrogen (secondary N) is 1. The zero-order valence-corrected chi connectivity index (χ0v) is 18.0. The summed E-state index contributed by atoms with van der Waals surface area (Å²) in [4.78, 5) is 21.6. The molecule has 1 amide bonds. The van der Waals surface area contributed by atoms with E-state index < -0.39 is 0 Å². The molecule has 4 aromatic rings. The lowest BCUT2D eigenvalue weighted by Gasteiger charge is -2.30. The summed E-state index contributed by atoms with van der Waals surface area (Å²) >= 11 is 9.21. The van der Waals surface area contributed by atoms with Crippen LogP contribution >= 0.6 is 35.1 Å². The normalized spacial score (nSPS) is 12.4. The summed E-state index contributed by atoms with van der Waals surface area (Å²) < 4.78 is 0. The molecule has 148 valence electrons. The third-order valence-electron chi connectivity index (χ3n) is 4.60. The topological polar surface area (TPSA) is 61.9 Å². The average Bonchev–Trinajstić information content (AvgIpc) is 3.25. The lowest BCUT2D eigenvalue weighted by Crippen LogP contribution is -2.30. The van der Waals surface area contributed by atoms with Gasteiger partial charge < -0.3 is 0 Å². The van der Waals surface area contributed by atoms with Crippen LogP contribution in [0.2, 0.25) is 5.02 Å². The van der Waals surface area contributed by atoms with Crippen LogP contribution in [0.3, 0.4) is 0 Å². The maximum Gasteiger partial charge on any atom is 0.242 e. The molecule has 3 aromatic carbocycles. The Hall–Kier alpha value is -2.74. The van der Waals surface area contributed by atoms with E-state index in [0.717, 1.165) is 26.7 Å². The molecule has 30 heavy (non-hydrogen) atoms. The predicted molar refractivity (Wildman–Crippen MR) is 122 cm³/mol. The molecule has 0 spiro atoms. The second-order valence-electron chi connectivity index (χ2n) is 6.50. The smallest absolute Gasteiger partial charge is 0.242 e. The van der Waals surface area contributed by atoms with E-state index in [9.17, 15) is 4.79 Å². The van der Waals surface area contributed by atoms with Gasteiger partial charge in [0.25, 0.3) is 0 Å². The van der Waals surface area contributed by atoms with Gasteiger partial charge in [-0.05, 0) is 36.4 Å². The van der Waals surface area contributed by atoms with Gasteiger partial charge in [-0.1, -0.05) is 71.5 Å². The van der Waals surface area contributed by atoms with Crippen LogP contribution in [-0.4, -0.2) is 26.8 Å². The number of thioether (sulfide) groups is 1. The number of hydrogen-bond acceptors (Lipinski definition) is 5. The Morgan fingerprint density at radius 2 is 1.60 bits per heavy atom. The van der Waals surface area contributed by atoms with Crippen molar-refractivity contribution in [2.75, 3.05) is 10.7 Å². The molecule has 2 heterocycles. The van der Waals surface area contributed by atoms with Gasteiger partial charge in [0.15, 0.2) is 5.82 Å². The molecule has 0 unspecified atom stereocenters. The minimum atomic E-state index is -0.0238. The van der Waals surface area contributed by atoms with E-state index in [1.165, 1.54) is 11.8 Å². The Balaban J connectivity index is 1.38. The first-order valence-corrected chi connectivity index (χ1v) is 11.4. The Morgan fingerprint density at radius 1 is 0.967 bits per heavy atom. The van der Waals surface area contributed by atoms with Crippen molar-refractivity contribution in [2.45, 2.75) is 14.9 Å². The van der Waals surface area contributed by atoms with Crippen LogP contribution in [-0.2, 0) is 4.79 Å². The van der Waals surface area contributed by atoms with Crippen molar-refractivity contribution in [2.24, 2.45) is 0 Å². The molecule has 0 fully saturated rings. The van der Waals surface area contributed by atoms with E-state index in [1.54, 1.807) is 22.7 Å². The predicted octanol–water partition coefficient (Wildman–Crippen LogP) is 6.05. The first-order valence-electron chi connectivity index (χ1n) is 9.20. The molecule has 8 heteroatoms. The highest BCUT2D eigenvalue weighted by Gasteiger charge is 2.28. The Morgan fingerprint density at radius 3 is 2.30 bits per heavy atom. The number of carbonyl (C=O) groups excluding carboxylic acids is 1. The molecule has 0 aliphatic carbocycles. The van der Waals surface area contributed by atoms with E-state index in [2.05, 4.69) is 15.2 Å². The first-order chi connectivity index (χ1) is 14.7. The molecule has 5 nitrogen and oxygen atoms in total. The Kier molecular flexibility index (Phi) is 5.25. The molecular weight excluding hydrogens is 436 g/mol. The summed E-state index contributed by atoms with van der Waals surface area (Å²) in [5.74, 6) is 0.776. The van der Waals surface area contributed by atoms with Crippen molar-refractivity contribution < 1.29 is 4.79 Å². The van der Waals surface area contributed by atoms with Gasteiger partial charge in [0.05, 0.1) is 22.2 Å². The Labute approximate surface area is 186 Å². The van der Waals surface area contributed by atoms with Crippen molar-refractivity contribution in [3.63, 3.8) is 0 Å². The zero-order chi connectivity index (χ0) is 20.5. The summed E-state index contributed by atoms with van der Waals surface area (Å²) in [6.45, 7) is 0. The number of H-pyrrole nitrogens is 1. The molecule has 1 N–H and O–H groups in total. The van der Waals surface area contributed by atoms with Gasteiger partial charge in [-0.3, -0.25) is 14.8 Å². The van der Waals surface area contributed by atoms with E-state index in [1.807, 2.05) is 66.7 Å². The van der Waals surface area contributed by atoms with Gasteiger partial charge in [-0.2, -0.15) is 0 Å². The van der Waals surface area contributed by atoms with Crippen LogP contribution in [0, 0.1) is 0 Å². The quantitative estimate of drug-likeness (QED) is 0.383. The van der Waals surface area contributed by atoms with Gasteiger partial charge >= 0.3 is 0 Å². The number of hydrogen-bond donors (Lipinski definition) is 1. The average molecular weight is 451 g/mol. The SMILES string of the molecule is O=C(CSc1n[nH]c(-c2ccccc2Cl)n1)N1c2ccccc2Sc2ccccc21. The van der Waals surface area contributed by atoms with Crippen molar-refractivity contribution in [1.82, 2.24) is 15.2 Å². The van der Waals surface area contributed by atoms with Gasteiger partial charge in [-0.15, -0.1) is 5.10 Å². The number of benzene rings is 3. The minimum Gasteiger partial charge on any atom is -0.278 e. The second kappa shape index (κ2) is 8.18. The Bertz CT molecular complexity index is 1200. The van der Waals surface area contributed by atoms with Crippen molar-refractivity contribution in [1.29, 1.82) is 0 Å². The third kappa shape index (κ3) is 3.60. The molecule has 0 saturated heterocycles. The number of fused-ring (bicyclic) bond motifs is 2. The van der Waals surface area contributed by atoms with Gasteiger partial charge in [0.1, 0.15) is 0 Å². The van der Waals surface area contributed by atoms with Gasteiger partial charge in [0, 0.05) is 15.4 Å². The molecule has 0 atom stereocenters. The number of anilines is 2. The number of para-hydroxylation sites is 2. The van der Waals surface area contributed by atoms with Crippen LogP contribution < -0.4 is 4.90 Å². The molecule has 0 radical (unpaired) electrons. The summed E-state index contributed by atoms with van der Waals surface area (Å²) in [5.41, 5.74) is 2.58. The maximum absolute atomic E-state index is 13.2. The number of halogens is 1. The van der Waals surface area contributed by atoms with E-state index in [-0.39, 0.29) is 11.7 Å². The number of carbonyl (C=O) groups is 1. The number of nitrogens with zero attached hydrogens (tertiary/aromatic N) is 3. The molecule has 1 aliphatic rings. The fourth-order valence-electron chi connectivity index (χ4n) is 3.25. The van der Waals surface area contributed by atoms with E-state index >= 15 is 0 Å². The van der Waals surface area contributed by atoms with Crippen molar-refractivity contribution >= 4 is 52.4 Å². The van der Waals surface area contributed by atoms with Gasteiger partial charge in [0.2, 0.25) is 11.1 Å². The van der Waals surface area contributed by atoms with Crippen LogP contribution in [0.5, 0.6) is 0 Å². The molecule has 0 bridgehead atoms. The second-order valence-corrected chi connectivity index (χ2v) is 8.94. The largest absolute Gasteiger partial charge is 0.278 e. The maximum atomic E-state index is 13.2. The van der Waals surface area contributed by atoms with Crippen LogP contribution in [0.15, 0.2) is 87.7 Å². The standard InChI is InChI=1S/C22H15ClN4OS2/c23-15-8-2-1-7-14(15)21-24-22(26-25-21)29-13-20(28)27-16-9-3-5-11-18(16)30-19-12-6-4-10-17(19)27/h1-12H,13H2,(H,24,25,26). The van der Waals surface area contributed by atoms with Crippen molar-refractivity contribution in [3.05, 3.63) is 77.8 Å². The highest BCUT2D eigenvalue weighted by atomic mass is 35.5. The van der Waals surface area contributed by atoms with E-state index in [0.29, 0.717) is 16.0 Å². The van der Waals surface area contributed by atoms with Crippen LogP contribution in [0.25, 0.3) is 11.4 Å². The van der Waals surface area contributed by atoms with Crippen molar-refractivity contribution in [3.8, 4) is 11.4 Å². The summed E-state index contributed by atoms with van der Waals surface area (Å²) in [5, 5.41) is 8.24. The first kappa shape index (κ1) is 19.2. The zero-order valence-electron chi connectivity index (χ0n) is 15.6. The minimum absolute atomic E-state index is 0.0238. The van der Waals surface area contributed by atoms with Crippen LogP contribution in [0.4, 0.5) is 11.4 Å². The molecule has 1 aliphatic heterocycles. The molecule has 5 rings (SSSR count). The molecule has 1 aromatic heterocycles. The highest BCUT2D eigenvalue weighted by molar-refractivity contribution is 8.00. The fraction of sp³-hybridized carbons (Fsp3) is 0.0455. The monoisotopic (exact) mass is 450 g/mol. The fourth-order valence-corrected chi connectivity index (χ4v) is 5.18. The van der Waals surface area contributed by atoms with Crippen LogP contribution in [0.1, 0.15) is 0 Å². The lowest BCUT2D eigenvalue weighted by molar-refractivity contribution is -0.115. The molecular formula is C22H15ClN4OS2. The summed E-state index contributed by atoms with van der Waals surface area (Å²) in [6.07, 6.45) is 0. The highest BCUT2D eigenvalue weighted by Crippen LogP contribution is 2.48. The number of aromatic nitrogens is 3. The number of rotatable bonds is 4. The number of amides is 1. The molecule has 0 saturated carbocycles. The summed E-state index contributed by atoms with van der Waals surface area (Å²) in [6, 6.07) is 23.3. The number of aromatic amines is 1. The lowest BCUT2D eigenvalue weighted by atomic mass is 10.2. The summed E-state index contributed by atoms with van der Waals surface area (Å²) in [7, 11) is 0. The van der Waals surface area contributed by atoms with E-state index in [4.69, 9.17) is 11.6 Å².